The van der Waals surface area contributed by atoms with Crippen LogP contribution in [0.25, 0.3) is 0 Å². The largest absolute Gasteiger partial charge is 0.468 e. The van der Waals surface area contributed by atoms with Crippen molar-refractivity contribution in [2.45, 2.75) is 56.1 Å². The van der Waals surface area contributed by atoms with Gasteiger partial charge in [-0.15, -0.1) is 11.8 Å². The van der Waals surface area contributed by atoms with E-state index in [0.717, 1.165) is 18.5 Å². The van der Waals surface area contributed by atoms with Gasteiger partial charge in [-0.3, -0.25) is 0 Å². The van der Waals surface area contributed by atoms with Crippen molar-refractivity contribution in [3.8, 4) is 0 Å². The fourth-order valence-electron chi connectivity index (χ4n) is 1.73. The Morgan fingerprint density at radius 1 is 1.44 bits per heavy atom. The molecule has 100 valence electrons. The molecule has 3 heteroatoms. The summed E-state index contributed by atoms with van der Waals surface area (Å²) in [4.78, 5) is 11.5. The van der Waals surface area contributed by atoms with Crippen molar-refractivity contribution in [3.05, 3.63) is 30.2 Å². The first-order chi connectivity index (χ1) is 8.77. The first kappa shape index (κ1) is 15.1. The molecule has 0 aliphatic rings. The summed E-state index contributed by atoms with van der Waals surface area (Å²) in [7, 11) is 0. The number of rotatable bonds is 9. The van der Waals surface area contributed by atoms with Crippen molar-refractivity contribution in [1.82, 2.24) is 0 Å². The minimum absolute atomic E-state index is 0.438. The zero-order valence-electron chi connectivity index (χ0n) is 11.2. The second-order valence-electron chi connectivity index (χ2n) is 4.32. The summed E-state index contributed by atoms with van der Waals surface area (Å²) in [6.45, 7) is 4.20. The maximum absolute atomic E-state index is 10.3. The highest BCUT2D eigenvalue weighted by atomic mass is 32.2. The van der Waals surface area contributed by atoms with Gasteiger partial charge in [0.1, 0.15) is 12.0 Å². The van der Waals surface area contributed by atoms with Crippen molar-refractivity contribution in [2.75, 3.05) is 0 Å². The van der Waals surface area contributed by atoms with Gasteiger partial charge in [0.2, 0.25) is 0 Å². The standard InChI is InChI=1S/C15H22O2S/c1-3-4-5-8-14(9-6-7-11-16)18-15-10-12-17-13(15)2/h6,9-12,14H,3-5,7-8H2,1-2H3/b9-6+. The number of carbonyl (C=O) groups excluding carboxylic acids is 1. The third kappa shape index (κ3) is 5.58. The van der Waals surface area contributed by atoms with Gasteiger partial charge in [0.25, 0.3) is 0 Å². The molecule has 1 unspecified atom stereocenters. The van der Waals surface area contributed by atoms with E-state index in [4.69, 9.17) is 4.42 Å². The van der Waals surface area contributed by atoms with Crippen LogP contribution in [0.2, 0.25) is 0 Å². The van der Waals surface area contributed by atoms with Crippen LogP contribution in [0.5, 0.6) is 0 Å². The van der Waals surface area contributed by atoms with Crippen molar-refractivity contribution in [2.24, 2.45) is 0 Å². The summed E-state index contributed by atoms with van der Waals surface area (Å²) in [5.41, 5.74) is 0. The van der Waals surface area contributed by atoms with E-state index in [1.807, 2.05) is 30.8 Å². The number of allylic oxidation sites excluding steroid dienone is 1. The van der Waals surface area contributed by atoms with Gasteiger partial charge in [0.15, 0.2) is 0 Å². The zero-order chi connectivity index (χ0) is 13.2. The molecule has 0 spiro atoms. The number of unbranched alkanes of at least 4 members (excludes halogenated alkanes) is 2. The van der Waals surface area contributed by atoms with Crippen LogP contribution >= 0.6 is 11.8 Å². The molecule has 0 aliphatic heterocycles. The van der Waals surface area contributed by atoms with Crippen molar-refractivity contribution in [3.63, 3.8) is 0 Å². The monoisotopic (exact) mass is 266 g/mol. The molecule has 0 radical (unpaired) electrons. The lowest BCUT2D eigenvalue weighted by Gasteiger charge is -2.11. The first-order valence-electron chi connectivity index (χ1n) is 6.59. The molecule has 1 aromatic rings. The molecule has 0 aromatic carbocycles. The average Bonchev–Trinajstić information content (AvgIpc) is 2.75. The third-order valence-electron chi connectivity index (χ3n) is 2.76. The van der Waals surface area contributed by atoms with Crippen molar-refractivity contribution >= 4 is 18.0 Å². The predicted octanol–water partition coefficient (Wildman–Crippen LogP) is 4.77. The Balaban J connectivity index is 2.53. The molecule has 1 rings (SSSR count). The van der Waals surface area contributed by atoms with Crippen LogP contribution < -0.4 is 0 Å². The van der Waals surface area contributed by atoms with Crippen LogP contribution in [0.15, 0.2) is 33.8 Å². The Hall–Kier alpha value is -0.960. The van der Waals surface area contributed by atoms with Crippen LogP contribution in [0.1, 0.15) is 44.8 Å². The van der Waals surface area contributed by atoms with Gasteiger partial charge >= 0.3 is 0 Å². The van der Waals surface area contributed by atoms with Gasteiger partial charge in [-0.25, -0.2) is 0 Å². The highest BCUT2D eigenvalue weighted by Crippen LogP contribution is 2.31. The van der Waals surface area contributed by atoms with Crippen LogP contribution in [0, 0.1) is 6.92 Å². The van der Waals surface area contributed by atoms with Crippen LogP contribution in [0.3, 0.4) is 0 Å². The van der Waals surface area contributed by atoms with Crippen LogP contribution in [-0.2, 0) is 4.79 Å². The maximum atomic E-state index is 10.3. The maximum Gasteiger partial charge on any atom is 0.123 e. The van der Waals surface area contributed by atoms with E-state index in [9.17, 15) is 4.79 Å². The molecule has 1 heterocycles. The summed E-state index contributed by atoms with van der Waals surface area (Å²) in [5, 5.41) is 0.438. The number of furan rings is 1. The van der Waals surface area contributed by atoms with E-state index < -0.39 is 0 Å². The van der Waals surface area contributed by atoms with Gasteiger partial charge in [-0.1, -0.05) is 38.3 Å². The molecular formula is C15H22O2S. The Labute approximate surface area is 114 Å². The number of hydrogen-bond acceptors (Lipinski definition) is 3. The average molecular weight is 266 g/mol. The number of hydrogen-bond donors (Lipinski definition) is 0. The number of aryl methyl sites for hydroxylation is 1. The Bertz CT molecular complexity index is 368. The van der Waals surface area contributed by atoms with E-state index in [1.54, 1.807) is 6.26 Å². The van der Waals surface area contributed by atoms with E-state index >= 15 is 0 Å². The minimum atomic E-state index is 0.438. The molecule has 1 atom stereocenters. The molecule has 0 amide bonds. The third-order valence-corrected chi connectivity index (χ3v) is 4.14. The Morgan fingerprint density at radius 2 is 2.28 bits per heavy atom. The molecular weight excluding hydrogens is 244 g/mol. The molecule has 0 fully saturated rings. The zero-order valence-corrected chi connectivity index (χ0v) is 12.0. The van der Waals surface area contributed by atoms with Crippen molar-refractivity contribution in [1.29, 1.82) is 0 Å². The highest BCUT2D eigenvalue weighted by molar-refractivity contribution is 8.00. The predicted molar refractivity (Wildman–Crippen MR) is 77.1 cm³/mol. The van der Waals surface area contributed by atoms with Gasteiger partial charge in [0, 0.05) is 16.6 Å². The molecule has 18 heavy (non-hydrogen) atoms. The van der Waals surface area contributed by atoms with Gasteiger partial charge < -0.3 is 9.21 Å². The minimum Gasteiger partial charge on any atom is -0.468 e. The second kappa shape index (κ2) is 9.03. The summed E-state index contributed by atoms with van der Waals surface area (Å²) in [6.07, 6.45) is 12.2. The molecule has 0 bridgehead atoms. The Morgan fingerprint density at radius 3 is 2.89 bits per heavy atom. The lowest BCUT2D eigenvalue weighted by atomic mass is 10.1. The van der Waals surface area contributed by atoms with Crippen molar-refractivity contribution < 1.29 is 9.21 Å². The summed E-state index contributed by atoms with van der Waals surface area (Å²) < 4.78 is 5.32. The summed E-state index contributed by atoms with van der Waals surface area (Å²) in [5.74, 6) is 0.976. The lowest BCUT2D eigenvalue weighted by molar-refractivity contribution is -0.107. The SMILES string of the molecule is CCCCCC(/C=C/CC=O)Sc1ccoc1C. The van der Waals surface area contributed by atoms with Crippen LogP contribution in [-0.4, -0.2) is 11.5 Å². The first-order valence-corrected chi connectivity index (χ1v) is 7.47. The topological polar surface area (TPSA) is 30.2 Å². The van der Waals surface area contributed by atoms with E-state index in [1.165, 1.54) is 24.2 Å². The quantitative estimate of drug-likeness (QED) is 0.279. The fourth-order valence-corrected chi connectivity index (χ4v) is 2.88. The molecule has 2 nitrogen and oxygen atoms in total. The molecule has 0 saturated heterocycles. The number of thioether (sulfide) groups is 1. The number of carbonyl (C=O) groups is 1. The second-order valence-corrected chi connectivity index (χ2v) is 5.60. The van der Waals surface area contributed by atoms with Gasteiger partial charge in [-0.2, -0.15) is 0 Å². The van der Waals surface area contributed by atoms with Gasteiger partial charge in [0.05, 0.1) is 6.26 Å². The molecule has 1 aromatic heterocycles. The molecule has 0 N–H and O–H groups in total. The normalized spacial score (nSPS) is 13.0. The number of aldehydes is 1. The lowest BCUT2D eigenvalue weighted by Crippen LogP contribution is -1.98. The molecule has 0 aliphatic carbocycles. The summed E-state index contributed by atoms with van der Waals surface area (Å²) in [6, 6.07) is 2.01. The molecule has 0 saturated carbocycles. The van der Waals surface area contributed by atoms with Crippen LogP contribution in [0.4, 0.5) is 0 Å². The van der Waals surface area contributed by atoms with E-state index in [0.29, 0.717) is 11.7 Å². The highest BCUT2D eigenvalue weighted by Gasteiger charge is 2.10. The van der Waals surface area contributed by atoms with E-state index in [-0.39, 0.29) is 0 Å². The van der Waals surface area contributed by atoms with Gasteiger partial charge in [-0.05, 0) is 19.4 Å². The van der Waals surface area contributed by atoms with E-state index in [2.05, 4.69) is 13.0 Å². The summed E-state index contributed by atoms with van der Waals surface area (Å²) >= 11 is 1.83. The smallest absolute Gasteiger partial charge is 0.123 e. The Kier molecular flexibility index (Phi) is 7.58. The fraction of sp³-hybridized carbons (Fsp3) is 0.533.